The summed E-state index contributed by atoms with van der Waals surface area (Å²) in [5.74, 6) is 0.806. The van der Waals surface area contributed by atoms with Crippen LogP contribution in [0.15, 0.2) is 47.2 Å². The molecule has 0 saturated carbocycles. The molecule has 0 atom stereocenters. The van der Waals surface area contributed by atoms with Crippen LogP contribution in [0.3, 0.4) is 0 Å². The van der Waals surface area contributed by atoms with Crippen molar-refractivity contribution in [1.29, 1.82) is 0 Å². The molecule has 3 rings (SSSR count). The van der Waals surface area contributed by atoms with E-state index in [1.165, 1.54) is 0 Å². The van der Waals surface area contributed by atoms with Gasteiger partial charge in [-0.15, -0.1) is 0 Å². The number of rotatable bonds is 3. The van der Waals surface area contributed by atoms with Gasteiger partial charge in [-0.05, 0) is 11.9 Å². The normalized spacial score (nSPS) is 10.9. The van der Waals surface area contributed by atoms with Gasteiger partial charge in [0.25, 0.3) is 0 Å². The van der Waals surface area contributed by atoms with E-state index in [0.717, 1.165) is 27.8 Å². The fourth-order valence-electron chi connectivity index (χ4n) is 2.02. The van der Waals surface area contributed by atoms with Gasteiger partial charge in [-0.1, -0.05) is 29.4 Å². The summed E-state index contributed by atoms with van der Waals surface area (Å²) in [6.07, 6.45) is 4.36. The van der Waals surface area contributed by atoms with Gasteiger partial charge in [-0.3, -0.25) is 4.98 Å². The number of benzene rings is 1. The predicted molar refractivity (Wildman–Crippen MR) is 70.0 cm³/mol. The molecule has 0 aliphatic heterocycles. The zero-order valence-corrected chi connectivity index (χ0v) is 9.84. The smallest absolute Gasteiger partial charge is 0.138 e. The highest BCUT2D eigenvalue weighted by atomic mass is 16.5. The molecule has 1 aromatic carbocycles. The maximum absolute atomic E-state index is 5.50. The first-order valence-corrected chi connectivity index (χ1v) is 5.87. The van der Waals surface area contributed by atoms with Gasteiger partial charge in [0.05, 0.1) is 0 Å². The second-order valence-electron chi connectivity index (χ2n) is 4.13. The van der Waals surface area contributed by atoms with Crippen molar-refractivity contribution in [3.8, 4) is 11.3 Å². The standard InChI is InChI=1S/C14H13N3O/c15-6-5-11-7-14(17-18-11)13-9-16-8-10-3-1-2-4-12(10)13/h1-4,7-9H,5-6,15H2. The average molecular weight is 239 g/mol. The largest absolute Gasteiger partial charge is 0.361 e. The molecule has 4 nitrogen and oxygen atoms in total. The van der Waals surface area contributed by atoms with Crippen LogP contribution in [0.1, 0.15) is 5.76 Å². The Bertz CT molecular complexity index is 670. The molecule has 0 bridgehead atoms. The Hall–Kier alpha value is -2.20. The summed E-state index contributed by atoms with van der Waals surface area (Å²) in [7, 11) is 0. The maximum Gasteiger partial charge on any atom is 0.138 e. The van der Waals surface area contributed by atoms with Crippen molar-refractivity contribution in [2.45, 2.75) is 6.42 Å². The van der Waals surface area contributed by atoms with Crippen molar-refractivity contribution >= 4 is 10.8 Å². The Balaban J connectivity index is 2.12. The van der Waals surface area contributed by atoms with Gasteiger partial charge in [0.15, 0.2) is 0 Å². The van der Waals surface area contributed by atoms with Gasteiger partial charge in [0, 0.05) is 35.8 Å². The molecule has 0 spiro atoms. The van der Waals surface area contributed by atoms with Crippen molar-refractivity contribution in [1.82, 2.24) is 10.1 Å². The van der Waals surface area contributed by atoms with Crippen LogP contribution in [0, 0.1) is 0 Å². The van der Waals surface area contributed by atoms with Crippen molar-refractivity contribution in [3.05, 3.63) is 48.5 Å². The Morgan fingerprint density at radius 3 is 2.94 bits per heavy atom. The van der Waals surface area contributed by atoms with Crippen LogP contribution in [0.25, 0.3) is 22.0 Å². The molecule has 0 fully saturated rings. The first-order chi connectivity index (χ1) is 8.88. The van der Waals surface area contributed by atoms with E-state index in [1.54, 1.807) is 0 Å². The van der Waals surface area contributed by atoms with Crippen LogP contribution < -0.4 is 5.73 Å². The average Bonchev–Trinajstić information content (AvgIpc) is 2.87. The molecule has 0 aliphatic rings. The second kappa shape index (κ2) is 4.58. The van der Waals surface area contributed by atoms with Gasteiger partial charge in [0.2, 0.25) is 0 Å². The van der Waals surface area contributed by atoms with E-state index < -0.39 is 0 Å². The number of aromatic nitrogens is 2. The Labute approximate surface area is 104 Å². The highest BCUT2D eigenvalue weighted by molar-refractivity contribution is 5.94. The van der Waals surface area contributed by atoms with Crippen LogP contribution in [-0.2, 0) is 6.42 Å². The number of nitrogens with zero attached hydrogens (tertiary/aromatic N) is 2. The van der Waals surface area contributed by atoms with Crippen molar-refractivity contribution in [2.75, 3.05) is 6.54 Å². The number of fused-ring (bicyclic) bond motifs is 1. The van der Waals surface area contributed by atoms with Gasteiger partial charge in [-0.25, -0.2) is 0 Å². The molecule has 0 aliphatic carbocycles. The summed E-state index contributed by atoms with van der Waals surface area (Å²) in [4.78, 5) is 4.24. The van der Waals surface area contributed by atoms with Crippen molar-refractivity contribution in [3.63, 3.8) is 0 Å². The summed E-state index contributed by atoms with van der Waals surface area (Å²) >= 11 is 0. The van der Waals surface area contributed by atoms with Crippen LogP contribution in [0.5, 0.6) is 0 Å². The lowest BCUT2D eigenvalue weighted by atomic mass is 10.1. The van der Waals surface area contributed by atoms with E-state index in [2.05, 4.69) is 16.2 Å². The highest BCUT2D eigenvalue weighted by Crippen LogP contribution is 2.27. The lowest BCUT2D eigenvalue weighted by molar-refractivity contribution is 0.386. The van der Waals surface area contributed by atoms with E-state index in [4.69, 9.17) is 10.3 Å². The van der Waals surface area contributed by atoms with Gasteiger partial charge in [-0.2, -0.15) is 0 Å². The zero-order valence-electron chi connectivity index (χ0n) is 9.84. The molecule has 90 valence electrons. The third-order valence-corrected chi connectivity index (χ3v) is 2.89. The van der Waals surface area contributed by atoms with Crippen molar-refractivity contribution in [2.24, 2.45) is 5.73 Å². The summed E-state index contributed by atoms with van der Waals surface area (Å²) in [5.41, 5.74) is 7.29. The monoisotopic (exact) mass is 239 g/mol. The third kappa shape index (κ3) is 1.87. The predicted octanol–water partition coefficient (Wildman–Crippen LogP) is 2.39. The number of nitrogens with two attached hydrogens (primary N) is 1. The van der Waals surface area contributed by atoms with Crippen LogP contribution in [0.4, 0.5) is 0 Å². The topological polar surface area (TPSA) is 64.9 Å². The Morgan fingerprint density at radius 1 is 1.17 bits per heavy atom. The minimum atomic E-state index is 0.558. The molecular weight excluding hydrogens is 226 g/mol. The summed E-state index contributed by atoms with van der Waals surface area (Å²) in [6, 6.07) is 10.0. The summed E-state index contributed by atoms with van der Waals surface area (Å²) in [5, 5.41) is 6.31. The van der Waals surface area contributed by atoms with E-state index in [1.807, 2.05) is 36.7 Å². The van der Waals surface area contributed by atoms with Crippen LogP contribution in [-0.4, -0.2) is 16.7 Å². The molecule has 2 heterocycles. The minimum Gasteiger partial charge on any atom is -0.361 e. The van der Waals surface area contributed by atoms with Gasteiger partial charge < -0.3 is 10.3 Å². The van der Waals surface area contributed by atoms with Gasteiger partial charge >= 0.3 is 0 Å². The molecule has 3 aromatic rings. The van der Waals surface area contributed by atoms with Gasteiger partial charge in [0.1, 0.15) is 11.5 Å². The molecule has 4 heteroatoms. The fraction of sp³-hybridized carbons (Fsp3) is 0.143. The zero-order chi connectivity index (χ0) is 12.4. The maximum atomic E-state index is 5.50. The van der Waals surface area contributed by atoms with E-state index >= 15 is 0 Å². The Morgan fingerprint density at radius 2 is 2.06 bits per heavy atom. The molecule has 2 N–H and O–H groups in total. The molecule has 0 unspecified atom stereocenters. The third-order valence-electron chi connectivity index (χ3n) is 2.89. The Kier molecular flexibility index (Phi) is 2.78. The molecule has 0 radical (unpaired) electrons. The first kappa shape index (κ1) is 10.9. The number of hydrogen-bond donors (Lipinski definition) is 1. The number of hydrogen-bond acceptors (Lipinski definition) is 4. The SMILES string of the molecule is NCCc1cc(-c2cncc3ccccc23)no1. The molecule has 0 saturated heterocycles. The lowest BCUT2D eigenvalue weighted by Crippen LogP contribution is -2.01. The van der Waals surface area contributed by atoms with E-state index in [0.29, 0.717) is 13.0 Å². The lowest BCUT2D eigenvalue weighted by Gasteiger charge is -2.01. The van der Waals surface area contributed by atoms with Crippen LogP contribution >= 0.6 is 0 Å². The first-order valence-electron chi connectivity index (χ1n) is 5.87. The quantitative estimate of drug-likeness (QED) is 0.762. The molecule has 2 aromatic heterocycles. The van der Waals surface area contributed by atoms with Crippen LogP contribution in [0.2, 0.25) is 0 Å². The molecule has 18 heavy (non-hydrogen) atoms. The van der Waals surface area contributed by atoms with Crippen molar-refractivity contribution < 1.29 is 4.52 Å². The fourth-order valence-corrected chi connectivity index (χ4v) is 2.02. The second-order valence-corrected chi connectivity index (χ2v) is 4.13. The molecular formula is C14H13N3O. The molecule has 0 amide bonds. The summed E-state index contributed by atoms with van der Waals surface area (Å²) in [6.45, 7) is 0.558. The van der Waals surface area contributed by atoms with E-state index in [-0.39, 0.29) is 0 Å². The number of pyridine rings is 1. The highest BCUT2D eigenvalue weighted by Gasteiger charge is 2.09. The van der Waals surface area contributed by atoms with E-state index in [9.17, 15) is 0 Å². The minimum absolute atomic E-state index is 0.558. The summed E-state index contributed by atoms with van der Waals surface area (Å²) < 4.78 is 5.25.